The SMILES string of the molecule is CN=C(NCc1cnn(Cc2ccccc2)c1)N1CCOC(c2cnn(C)c2)C1.I. The highest BCUT2D eigenvalue weighted by molar-refractivity contribution is 14.0. The van der Waals surface area contributed by atoms with Crippen molar-refractivity contribution in [2.75, 3.05) is 26.7 Å². The fourth-order valence-electron chi connectivity index (χ4n) is 3.52. The quantitative estimate of drug-likeness (QED) is 0.317. The molecule has 9 heteroatoms. The monoisotopic (exact) mass is 521 g/mol. The molecule has 0 aliphatic carbocycles. The Morgan fingerprint density at radius 1 is 1.17 bits per heavy atom. The summed E-state index contributed by atoms with van der Waals surface area (Å²) in [7, 11) is 3.73. The molecule has 1 fully saturated rings. The van der Waals surface area contributed by atoms with Crippen LogP contribution in [-0.2, 0) is 24.9 Å². The van der Waals surface area contributed by atoms with Crippen molar-refractivity contribution < 1.29 is 4.74 Å². The largest absolute Gasteiger partial charge is 0.370 e. The molecule has 0 spiro atoms. The van der Waals surface area contributed by atoms with Crippen LogP contribution in [0.3, 0.4) is 0 Å². The van der Waals surface area contributed by atoms with E-state index >= 15 is 0 Å². The molecule has 1 saturated heterocycles. The molecule has 0 amide bonds. The summed E-state index contributed by atoms with van der Waals surface area (Å²) in [6.07, 6.45) is 7.85. The highest BCUT2D eigenvalue weighted by Crippen LogP contribution is 2.21. The van der Waals surface area contributed by atoms with Gasteiger partial charge in [-0.05, 0) is 5.56 Å². The van der Waals surface area contributed by atoms with E-state index in [1.54, 1.807) is 4.68 Å². The number of aryl methyl sites for hydroxylation is 1. The lowest BCUT2D eigenvalue weighted by Crippen LogP contribution is -2.47. The molecule has 30 heavy (non-hydrogen) atoms. The van der Waals surface area contributed by atoms with E-state index in [9.17, 15) is 0 Å². The van der Waals surface area contributed by atoms with Crippen LogP contribution >= 0.6 is 24.0 Å². The van der Waals surface area contributed by atoms with Crippen LogP contribution in [0.15, 0.2) is 60.1 Å². The Morgan fingerprint density at radius 3 is 2.73 bits per heavy atom. The van der Waals surface area contributed by atoms with Gasteiger partial charge < -0.3 is 15.0 Å². The van der Waals surface area contributed by atoms with Gasteiger partial charge in [-0.15, -0.1) is 24.0 Å². The lowest BCUT2D eigenvalue weighted by Gasteiger charge is -2.34. The second-order valence-corrected chi connectivity index (χ2v) is 7.19. The van der Waals surface area contributed by atoms with Gasteiger partial charge in [0.25, 0.3) is 0 Å². The maximum absolute atomic E-state index is 5.93. The van der Waals surface area contributed by atoms with E-state index in [1.165, 1.54) is 5.56 Å². The second kappa shape index (κ2) is 10.6. The number of rotatable bonds is 5. The molecule has 0 bridgehead atoms. The van der Waals surface area contributed by atoms with Crippen molar-refractivity contribution >= 4 is 29.9 Å². The minimum atomic E-state index is 0. The van der Waals surface area contributed by atoms with Crippen LogP contribution in [0.4, 0.5) is 0 Å². The Hall–Kier alpha value is -2.40. The number of hydrogen-bond donors (Lipinski definition) is 1. The number of ether oxygens (including phenoxy) is 1. The van der Waals surface area contributed by atoms with Crippen LogP contribution in [0.1, 0.15) is 22.8 Å². The van der Waals surface area contributed by atoms with Gasteiger partial charge in [0.15, 0.2) is 5.96 Å². The van der Waals surface area contributed by atoms with Crippen molar-refractivity contribution in [3.8, 4) is 0 Å². The van der Waals surface area contributed by atoms with E-state index in [1.807, 2.05) is 55.6 Å². The standard InChI is InChI=1S/C21H27N7O.HI/c1-22-21(27-8-9-29-20(16-27)19-12-24-26(2)15-19)23-10-18-11-25-28(14-18)13-17-6-4-3-5-7-17;/h3-7,11-12,14-15,20H,8-10,13,16H2,1-2H3,(H,22,23);1H. The number of hydrogen-bond acceptors (Lipinski definition) is 4. The molecule has 4 rings (SSSR count). The number of aromatic nitrogens is 4. The van der Waals surface area contributed by atoms with E-state index in [0.29, 0.717) is 13.2 Å². The minimum Gasteiger partial charge on any atom is -0.370 e. The zero-order chi connectivity index (χ0) is 20.1. The molecule has 1 aliphatic rings. The molecule has 8 nitrogen and oxygen atoms in total. The third-order valence-corrected chi connectivity index (χ3v) is 5.00. The van der Waals surface area contributed by atoms with Crippen LogP contribution < -0.4 is 5.32 Å². The maximum Gasteiger partial charge on any atom is 0.194 e. The molecular formula is C21H28IN7O. The highest BCUT2D eigenvalue weighted by atomic mass is 127. The van der Waals surface area contributed by atoms with E-state index in [-0.39, 0.29) is 30.1 Å². The zero-order valence-corrected chi connectivity index (χ0v) is 19.6. The molecule has 1 atom stereocenters. The number of aliphatic imine (C=N–C) groups is 1. The Labute approximate surface area is 194 Å². The number of guanidine groups is 1. The Bertz CT molecular complexity index is 953. The van der Waals surface area contributed by atoms with E-state index in [2.05, 4.69) is 43.7 Å². The number of benzene rings is 1. The fourth-order valence-corrected chi connectivity index (χ4v) is 3.52. The van der Waals surface area contributed by atoms with Gasteiger partial charge >= 0.3 is 0 Å². The average molecular weight is 521 g/mol. The van der Waals surface area contributed by atoms with Crippen molar-refractivity contribution in [3.63, 3.8) is 0 Å². The minimum absolute atomic E-state index is 0. The first kappa shape index (κ1) is 22.3. The summed E-state index contributed by atoms with van der Waals surface area (Å²) in [5.74, 6) is 0.873. The topological polar surface area (TPSA) is 72.5 Å². The first-order valence-electron chi connectivity index (χ1n) is 9.82. The smallest absolute Gasteiger partial charge is 0.194 e. The summed E-state index contributed by atoms with van der Waals surface area (Å²) in [5.41, 5.74) is 3.45. The Kier molecular flexibility index (Phi) is 7.86. The van der Waals surface area contributed by atoms with Crippen molar-refractivity contribution in [1.29, 1.82) is 0 Å². The van der Waals surface area contributed by atoms with Gasteiger partial charge in [-0.2, -0.15) is 10.2 Å². The number of nitrogens with zero attached hydrogens (tertiary/aromatic N) is 6. The zero-order valence-electron chi connectivity index (χ0n) is 17.3. The van der Waals surface area contributed by atoms with Crippen molar-refractivity contribution in [2.45, 2.75) is 19.2 Å². The lowest BCUT2D eigenvalue weighted by molar-refractivity contribution is -0.00805. The molecule has 160 valence electrons. The van der Waals surface area contributed by atoms with Crippen LogP contribution in [0.25, 0.3) is 0 Å². The van der Waals surface area contributed by atoms with Gasteiger partial charge in [-0.1, -0.05) is 30.3 Å². The fraction of sp³-hybridized carbons (Fsp3) is 0.381. The summed E-state index contributed by atoms with van der Waals surface area (Å²) < 4.78 is 9.70. The molecule has 0 radical (unpaired) electrons. The normalized spacial score (nSPS) is 16.9. The molecule has 1 aromatic carbocycles. The average Bonchev–Trinajstić information content (AvgIpc) is 3.38. The molecule has 2 aromatic heterocycles. The van der Waals surface area contributed by atoms with Crippen molar-refractivity contribution in [2.24, 2.45) is 12.0 Å². The van der Waals surface area contributed by atoms with E-state index < -0.39 is 0 Å². The van der Waals surface area contributed by atoms with Crippen LogP contribution in [0.2, 0.25) is 0 Å². The van der Waals surface area contributed by atoms with Gasteiger partial charge in [0.1, 0.15) is 6.10 Å². The van der Waals surface area contributed by atoms with Crippen LogP contribution in [0, 0.1) is 0 Å². The molecule has 0 saturated carbocycles. The van der Waals surface area contributed by atoms with Gasteiger partial charge in [-0.25, -0.2) is 0 Å². The van der Waals surface area contributed by atoms with E-state index in [0.717, 1.165) is 36.7 Å². The van der Waals surface area contributed by atoms with E-state index in [4.69, 9.17) is 4.74 Å². The summed E-state index contributed by atoms with van der Waals surface area (Å²) in [6.45, 7) is 3.67. The molecule has 3 aromatic rings. The third-order valence-electron chi connectivity index (χ3n) is 5.00. The van der Waals surface area contributed by atoms with Gasteiger partial charge in [-0.3, -0.25) is 14.4 Å². The van der Waals surface area contributed by atoms with Crippen LogP contribution in [-0.4, -0.2) is 57.2 Å². The molecule has 3 heterocycles. The third kappa shape index (κ3) is 5.60. The van der Waals surface area contributed by atoms with Crippen LogP contribution in [0.5, 0.6) is 0 Å². The van der Waals surface area contributed by atoms with Crippen molar-refractivity contribution in [1.82, 2.24) is 29.8 Å². The number of morpholine rings is 1. The molecule has 1 N–H and O–H groups in total. The maximum atomic E-state index is 5.93. The predicted molar refractivity (Wildman–Crippen MR) is 127 cm³/mol. The summed E-state index contributed by atoms with van der Waals surface area (Å²) in [4.78, 5) is 6.69. The van der Waals surface area contributed by atoms with Gasteiger partial charge in [0.05, 0.1) is 32.1 Å². The lowest BCUT2D eigenvalue weighted by atomic mass is 10.1. The first-order valence-corrected chi connectivity index (χ1v) is 9.82. The molecule has 1 aliphatic heterocycles. The summed E-state index contributed by atoms with van der Waals surface area (Å²) in [5, 5.41) is 12.2. The van der Waals surface area contributed by atoms with Gasteiger partial charge in [0, 0.05) is 50.7 Å². The highest BCUT2D eigenvalue weighted by Gasteiger charge is 2.25. The Morgan fingerprint density at radius 2 is 2.00 bits per heavy atom. The van der Waals surface area contributed by atoms with Gasteiger partial charge in [0.2, 0.25) is 0 Å². The predicted octanol–water partition coefficient (Wildman–Crippen LogP) is 2.43. The summed E-state index contributed by atoms with van der Waals surface area (Å²) in [6, 6.07) is 10.3. The number of halogens is 1. The Balaban J connectivity index is 0.00000256. The molecule has 1 unspecified atom stereocenters. The number of nitrogens with one attached hydrogen (secondary N) is 1. The first-order chi connectivity index (χ1) is 14.2. The van der Waals surface area contributed by atoms with Crippen molar-refractivity contribution in [3.05, 3.63) is 71.8 Å². The molecular weight excluding hydrogens is 493 g/mol. The summed E-state index contributed by atoms with van der Waals surface area (Å²) >= 11 is 0. The second-order valence-electron chi connectivity index (χ2n) is 7.19.